The van der Waals surface area contributed by atoms with Crippen molar-refractivity contribution < 1.29 is 4.74 Å². The van der Waals surface area contributed by atoms with Gasteiger partial charge in [0, 0.05) is 10.7 Å². The maximum Gasteiger partial charge on any atom is 0.142 e. The first-order valence-corrected chi connectivity index (χ1v) is 7.12. The molecule has 5 heteroatoms. The number of benzene rings is 1. The molecule has 0 unspecified atom stereocenters. The summed E-state index contributed by atoms with van der Waals surface area (Å²) >= 11 is 3.51. The van der Waals surface area contributed by atoms with Crippen molar-refractivity contribution in [2.75, 3.05) is 0 Å². The van der Waals surface area contributed by atoms with Gasteiger partial charge in [-0.1, -0.05) is 12.1 Å². The lowest BCUT2D eigenvalue weighted by Gasteiger charge is -2.08. The van der Waals surface area contributed by atoms with Crippen LogP contribution in [0.5, 0.6) is 5.75 Å². The van der Waals surface area contributed by atoms with Gasteiger partial charge in [0.25, 0.3) is 0 Å². The van der Waals surface area contributed by atoms with Gasteiger partial charge in [-0.3, -0.25) is 0 Å². The molecule has 0 aliphatic carbocycles. The van der Waals surface area contributed by atoms with Gasteiger partial charge in [0.15, 0.2) is 0 Å². The van der Waals surface area contributed by atoms with Crippen LogP contribution < -0.4 is 4.74 Å². The number of hydrogen-bond donors (Lipinski definition) is 1. The molecule has 0 bridgehead atoms. The topological polar surface area (TPSA) is 50.8 Å². The highest BCUT2D eigenvalue weighted by molar-refractivity contribution is 9.10. The number of nitrogens with one attached hydrogen (secondary N) is 1. The number of hydrogen-bond acceptors (Lipinski definition) is 3. The van der Waals surface area contributed by atoms with Crippen LogP contribution in [0.4, 0.5) is 0 Å². The minimum atomic E-state index is 0.416. The molecule has 1 N–H and O–H groups in total. The Kier molecular flexibility index (Phi) is 3.44. The molecular weight excluding hydrogens is 318 g/mol. The Morgan fingerprint density at radius 2 is 2.10 bits per heavy atom. The zero-order valence-corrected chi connectivity index (χ0v) is 12.9. The van der Waals surface area contributed by atoms with Gasteiger partial charge in [-0.2, -0.15) is 0 Å². The van der Waals surface area contributed by atoms with E-state index in [0.29, 0.717) is 6.61 Å². The molecule has 0 saturated heterocycles. The van der Waals surface area contributed by atoms with Crippen LogP contribution in [0.1, 0.15) is 17.1 Å². The molecule has 20 heavy (non-hydrogen) atoms. The molecule has 2 heterocycles. The summed E-state index contributed by atoms with van der Waals surface area (Å²) in [5, 5.41) is 0.975. The molecule has 0 radical (unpaired) electrons. The van der Waals surface area contributed by atoms with Crippen LogP contribution in [-0.4, -0.2) is 15.0 Å². The first-order valence-electron chi connectivity index (χ1n) is 6.33. The van der Waals surface area contributed by atoms with Crippen molar-refractivity contribution in [2.24, 2.45) is 0 Å². The number of rotatable bonds is 3. The van der Waals surface area contributed by atoms with E-state index in [1.807, 2.05) is 44.3 Å². The standard InChI is InChI=1S/C15H14BrN3O/c1-9-4-3-5-11(6-9)20-8-13-14-12(16)7-17-15(14)19-10(2)18-13/h3-7H,8H2,1-2H3,(H,17,18,19). The summed E-state index contributed by atoms with van der Waals surface area (Å²) in [6.07, 6.45) is 1.87. The number of aromatic nitrogens is 3. The van der Waals surface area contributed by atoms with E-state index in [2.05, 4.69) is 30.9 Å². The molecular formula is C15H14BrN3O. The van der Waals surface area contributed by atoms with Gasteiger partial charge in [0.2, 0.25) is 0 Å². The van der Waals surface area contributed by atoms with E-state index in [-0.39, 0.29) is 0 Å². The Morgan fingerprint density at radius 1 is 1.25 bits per heavy atom. The second-order valence-corrected chi connectivity index (χ2v) is 5.54. The third-order valence-electron chi connectivity index (χ3n) is 3.04. The van der Waals surface area contributed by atoms with Crippen LogP contribution in [0.2, 0.25) is 0 Å². The van der Waals surface area contributed by atoms with Gasteiger partial charge in [0.05, 0.1) is 11.1 Å². The van der Waals surface area contributed by atoms with E-state index < -0.39 is 0 Å². The summed E-state index contributed by atoms with van der Waals surface area (Å²) in [6, 6.07) is 7.99. The highest BCUT2D eigenvalue weighted by atomic mass is 79.9. The highest BCUT2D eigenvalue weighted by Crippen LogP contribution is 2.26. The quantitative estimate of drug-likeness (QED) is 0.791. The SMILES string of the molecule is Cc1cccc(OCc2nc(C)nc3[nH]cc(Br)c23)c1. The average molecular weight is 332 g/mol. The third kappa shape index (κ3) is 2.54. The number of nitrogens with zero attached hydrogens (tertiary/aromatic N) is 2. The van der Waals surface area contributed by atoms with Gasteiger partial charge in [-0.05, 0) is 47.5 Å². The van der Waals surface area contributed by atoms with Gasteiger partial charge in [0.1, 0.15) is 23.8 Å². The van der Waals surface area contributed by atoms with Crippen LogP contribution in [0, 0.1) is 13.8 Å². The smallest absolute Gasteiger partial charge is 0.142 e. The Bertz CT molecular complexity index is 767. The number of aryl methyl sites for hydroxylation is 2. The van der Waals surface area contributed by atoms with Crippen LogP contribution in [0.3, 0.4) is 0 Å². The maximum absolute atomic E-state index is 5.84. The van der Waals surface area contributed by atoms with E-state index >= 15 is 0 Å². The molecule has 0 saturated carbocycles. The first-order chi connectivity index (χ1) is 9.63. The van der Waals surface area contributed by atoms with Crippen LogP contribution in [0.25, 0.3) is 11.0 Å². The number of fused-ring (bicyclic) bond motifs is 1. The number of halogens is 1. The van der Waals surface area contributed by atoms with E-state index in [0.717, 1.165) is 32.8 Å². The predicted molar refractivity (Wildman–Crippen MR) is 81.8 cm³/mol. The lowest BCUT2D eigenvalue weighted by Crippen LogP contribution is -2.02. The Labute approximate surface area is 125 Å². The molecule has 0 aliphatic rings. The van der Waals surface area contributed by atoms with E-state index in [1.165, 1.54) is 5.56 Å². The van der Waals surface area contributed by atoms with Crippen LogP contribution in [-0.2, 0) is 6.61 Å². The lowest BCUT2D eigenvalue weighted by atomic mass is 10.2. The third-order valence-corrected chi connectivity index (χ3v) is 3.66. The normalized spacial score (nSPS) is 10.9. The number of H-pyrrole nitrogens is 1. The molecule has 0 amide bonds. The first kappa shape index (κ1) is 13.1. The predicted octanol–water partition coefficient (Wildman–Crippen LogP) is 3.92. The Hall–Kier alpha value is -1.88. The van der Waals surface area contributed by atoms with E-state index in [1.54, 1.807) is 0 Å². The second-order valence-electron chi connectivity index (χ2n) is 4.68. The molecule has 1 aromatic carbocycles. The van der Waals surface area contributed by atoms with Gasteiger partial charge < -0.3 is 9.72 Å². The zero-order valence-electron chi connectivity index (χ0n) is 11.3. The second kappa shape index (κ2) is 5.25. The molecule has 3 rings (SSSR count). The van der Waals surface area contributed by atoms with Crippen LogP contribution in [0.15, 0.2) is 34.9 Å². The molecule has 0 spiro atoms. The van der Waals surface area contributed by atoms with Crippen molar-refractivity contribution in [1.82, 2.24) is 15.0 Å². The largest absolute Gasteiger partial charge is 0.487 e. The summed E-state index contributed by atoms with van der Waals surface area (Å²) in [4.78, 5) is 12.0. The Balaban J connectivity index is 1.92. The van der Waals surface area contributed by atoms with Crippen molar-refractivity contribution in [2.45, 2.75) is 20.5 Å². The minimum Gasteiger partial charge on any atom is -0.487 e. The summed E-state index contributed by atoms with van der Waals surface area (Å²) in [5.41, 5.74) is 2.88. The van der Waals surface area contributed by atoms with Crippen molar-refractivity contribution in [3.63, 3.8) is 0 Å². The molecule has 102 valence electrons. The molecule has 3 aromatic rings. The van der Waals surface area contributed by atoms with Gasteiger partial charge in [-0.15, -0.1) is 0 Å². The van der Waals surface area contributed by atoms with E-state index in [4.69, 9.17) is 4.74 Å². The lowest BCUT2D eigenvalue weighted by molar-refractivity contribution is 0.302. The monoisotopic (exact) mass is 331 g/mol. The van der Waals surface area contributed by atoms with Gasteiger partial charge >= 0.3 is 0 Å². The number of aromatic amines is 1. The summed E-state index contributed by atoms with van der Waals surface area (Å²) in [7, 11) is 0. The van der Waals surface area contributed by atoms with Crippen molar-refractivity contribution in [3.8, 4) is 5.75 Å². The summed E-state index contributed by atoms with van der Waals surface area (Å²) < 4.78 is 6.79. The van der Waals surface area contributed by atoms with Crippen molar-refractivity contribution in [1.29, 1.82) is 0 Å². The van der Waals surface area contributed by atoms with Crippen LogP contribution >= 0.6 is 15.9 Å². The molecule has 4 nitrogen and oxygen atoms in total. The molecule has 0 aliphatic heterocycles. The molecule has 2 aromatic heterocycles. The average Bonchev–Trinajstić information content (AvgIpc) is 2.77. The zero-order chi connectivity index (χ0) is 14.1. The minimum absolute atomic E-state index is 0.416. The summed E-state index contributed by atoms with van der Waals surface area (Å²) in [6.45, 7) is 4.34. The maximum atomic E-state index is 5.84. The van der Waals surface area contributed by atoms with E-state index in [9.17, 15) is 0 Å². The fourth-order valence-electron chi connectivity index (χ4n) is 2.15. The highest BCUT2D eigenvalue weighted by Gasteiger charge is 2.11. The van der Waals surface area contributed by atoms with Crippen molar-refractivity contribution in [3.05, 3.63) is 52.0 Å². The summed E-state index contributed by atoms with van der Waals surface area (Å²) in [5.74, 6) is 1.58. The molecule has 0 fully saturated rings. The Morgan fingerprint density at radius 3 is 2.90 bits per heavy atom. The van der Waals surface area contributed by atoms with Gasteiger partial charge in [-0.25, -0.2) is 9.97 Å². The fourth-order valence-corrected chi connectivity index (χ4v) is 2.68. The number of ether oxygens (including phenoxy) is 1. The van der Waals surface area contributed by atoms with Crippen molar-refractivity contribution >= 4 is 27.0 Å². The fraction of sp³-hybridized carbons (Fsp3) is 0.200. The molecule has 0 atom stereocenters.